The van der Waals surface area contributed by atoms with Gasteiger partial charge in [0, 0.05) is 54.7 Å². The molecule has 0 saturated heterocycles. The van der Waals surface area contributed by atoms with Crippen molar-refractivity contribution in [1.29, 1.82) is 0 Å². The van der Waals surface area contributed by atoms with Crippen LogP contribution in [0.15, 0.2) is 315 Å². The van der Waals surface area contributed by atoms with Gasteiger partial charge in [-0.1, -0.05) is 384 Å². The number of fused-ring (bicyclic) bond motifs is 16. The summed E-state index contributed by atoms with van der Waals surface area (Å²) in [6.07, 6.45) is 15.8. The number of unbranched alkanes of at least 4 members (excludes halogenated alkanes) is 6. The van der Waals surface area contributed by atoms with Gasteiger partial charge in [-0.25, -0.2) is 0 Å². The average Bonchev–Trinajstić information content (AvgIpc) is 1.07. The van der Waals surface area contributed by atoms with E-state index in [1.807, 2.05) is 103 Å². The molecule has 0 spiro atoms. The smallest absolute Gasteiger partial charge is 0.507 e. The maximum absolute atomic E-state index is 11.0. The third kappa shape index (κ3) is 21.8. The molecule has 0 unspecified atom stereocenters. The molecular weight excluding hydrogens is 1720 g/mol. The van der Waals surface area contributed by atoms with Crippen LogP contribution in [0.4, 0.5) is 0 Å². The van der Waals surface area contributed by atoms with E-state index >= 15 is 0 Å². The summed E-state index contributed by atoms with van der Waals surface area (Å²) in [5.74, 6) is 1.45. The molecule has 0 bridgehead atoms. The summed E-state index contributed by atoms with van der Waals surface area (Å²) in [7, 11) is 0. The topological polar surface area (TPSA) is 80.9 Å². The Hall–Kier alpha value is -9.38. The molecule has 130 heavy (non-hydrogen) atoms. The van der Waals surface area contributed by atoms with Gasteiger partial charge in [-0.3, -0.25) is 0 Å². The van der Waals surface area contributed by atoms with Gasteiger partial charge in [0.15, 0.2) is 0 Å². The fourth-order valence-electron chi connectivity index (χ4n) is 19.8. The Bertz CT molecular complexity index is 6340. The van der Waals surface area contributed by atoms with Crippen LogP contribution in [0.25, 0.3) is 132 Å². The predicted octanol–water partition coefficient (Wildman–Crippen LogP) is 35.4. The van der Waals surface area contributed by atoms with Crippen molar-refractivity contribution < 1.29 is 107 Å². The van der Waals surface area contributed by atoms with Crippen molar-refractivity contribution in [3.05, 3.63) is 449 Å². The molecule has 4 nitrogen and oxygen atoms in total. The van der Waals surface area contributed by atoms with Gasteiger partial charge >= 0.3 is 86.9 Å². The number of rotatable bonds is 16. The number of hydrogen-bond donors (Lipinski definition) is 4. The fourth-order valence-corrected chi connectivity index (χ4v) is 19.8. The minimum atomic E-state index is -0.0333. The molecule has 0 amide bonds. The monoisotopic (exact) mass is 1860 g/mol. The molecule has 664 valence electrons. The number of benzene rings is 16. The van der Waals surface area contributed by atoms with Crippen LogP contribution in [0.3, 0.4) is 0 Å². The van der Waals surface area contributed by atoms with Crippen molar-refractivity contribution >= 4 is 43.1 Å². The van der Waals surface area contributed by atoms with Gasteiger partial charge in [0.1, 0.15) is 23.0 Å². The Morgan fingerprint density at radius 2 is 0.538 bits per heavy atom. The first-order valence-electron chi connectivity index (χ1n) is 41.6. The Labute approximate surface area is 844 Å². The predicted molar refractivity (Wildman–Crippen MR) is 558 cm³/mol. The van der Waals surface area contributed by atoms with E-state index in [1.165, 1.54) is 159 Å². The third-order valence-electron chi connectivity index (χ3n) is 25.9. The molecule has 0 aromatic heterocycles. The van der Waals surface area contributed by atoms with Gasteiger partial charge in [-0.15, -0.1) is 0 Å². The molecule has 16 aromatic rings. The first-order chi connectivity index (χ1) is 55.8. The summed E-state index contributed by atoms with van der Waals surface area (Å²) < 4.78 is 0. The molecule has 8 heteroatoms. The Kier molecular flexibility index (Phi) is 46.6. The van der Waals surface area contributed by atoms with Crippen LogP contribution >= 0.6 is 0 Å². The van der Waals surface area contributed by atoms with E-state index in [4.69, 9.17) is 0 Å². The summed E-state index contributed by atoms with van der Waals surface area (Å²) >= 11 is 0. The Morgan fingerprint density at radius 1 is 0.238 bits per heavy atom. The van der Waals surface area contributed by atoms with Crippen molar-refractivity contribution in [2.45, 2.75) is 141 Å². The molecule has 20 rings (SSSR count). The second-order valence-corrected chi connectivity index (χ2v) is 32.5. The zero-order chi connectivity index (χ0) is 78.2. The standard InChI is InChI=1S/C35H40O.C27H24O.C25H20O.C23H16O.12CH3.4Ti/c1-3-5-7-13-23-35(24-14-8-6-4-2)31-18-12-11-17-29(31)30-21-19-27(25-32(30)35)34-28-16-10-9-15-26(28)20-22-33(34)36;1-3-27(4-2)24-12-8-7-11-22(24)23-16-14-19(17-25(23)27)21-15-13-18-9-5-6-10-20(18)26(21)28;1-25(2)22-10-6-5-9-20(22)21-14-12-17(15-23(21)25)19-13-11-16-7-3-4-8-18(16)24(19)26;24-23-21-8-4-1-5-15(21)9-12-22(23)17-10-11-20-18(14-17)13-16-6-2-3-7-19(16)20;;;;;;;;;;;;;;;;/h9-12,15-22,25,36H,3-8,13-14,23-24H2,1-2H3;5-17,28H,3-4H2,1-2H3;3-15,26H,1-2H3;1-12,14,24H,13H2;12*1H3;;;;/q;;;;12*-1;4*+3. The number of hydrogen-bond acceptors (Lipinski definition) is 4. The van der Waals surface area contributed by atoms with Gasteiger partial charge in [0.05, 0.1) is 0 Å². The summed E-state index contributed by atoms with van der Waals surface area (Å²) in [5.41, 5.74) is 30.1. The molecule has 0 atom stereocenters. The van der Waals surface area contributed by atoms with E-state index in [0.29, 0.717) is 23.0 Å². The van der Waals surface area contributed by atoms with E-state index in [-0.39, 0.29) is 192 Å². The quantitative estimate of drug-likeness (QED) is 0.0441. The maximum Gasteiger partial charge on any atom is 3.00 e. The molecule has 16 aromatic carbocycles. The Balaban J connectivity index is 0.000000840. The molecular formula is C122H136O4Ti4. The molecule has 0 fully saturated rings. The van der Waals surface area contributed by atoms with Crippen LogP contribution in [0.2, 0.25) is 0 Å². The van der Waals surface area contributed by atoms with Crippen molar-refractivity contribution in [3.63, 3.8) is 0 Å². The van der Waals surface area contributed by atoms with Crippen molar-refractivity contribution in [2.24, 2.45) is 0 Å². The van der Waals surface area contributed by atoms with Crippen molar-refractivity contribution in [2.75, 3.05) is 0 Å². The maximum atomic E-state index is 11.0. The van der Waals surface area contributed by atoms with E-state index in [9.17, 15) is 20.4 Å². The van der Waals surface area contributed by atoms with Crippen LogP contribution in [0.1, 0.15) is 163 Å². The fraction of sp³-hybridized carbons (Fsp3) is 0.180. The molecule has 0 saturated carbocycles. The molecule has 4 aliphatic carbocycles. The largest absolute Gasteiger partial charge is 3.00 e. The number of phenols is 4. The van der Waals surface area contributed by atoms with Gasteiger partial charge in [-0.05, 0) is 195 Å². The minimum Gasteiger partial charge on any atom is -0.507 e. The van der Waals surface area contributed by atoms with Gasteiger partial charge < -0.3 is 110 Å². The minimum absolute atomic E-state index is 0. The third-order valence-corrected chi connectivity index (χ3v) is 25.9. The number of aromatic hydroxyl groups is 4. The summed E-state index contributed by atoms with van der Waals surface area (Å²) in [5, 5.41) is 51.7. The van der Waals surface area contributed by atoms with Crippen LogP contribution in [-0.4, -0.2) is 20.4 Å². The first-order valence-corrected chi connectivity index (χ1v) is 41.6. The van der Waals surface area contributed by atoms with Crippen LogP contribution in [0.5, 0.6) is 23.0 Å². The molecule has 4 radical (unpaired) electrons. The van der Waals surface area contributed by atoms with E-state index in [1.54, 1.807) is 0 Å². The van der Waals surface area contributed by atoms with Crippen molar-refractivity contribution in [3.8, 4) is 112 Å². The molecule has 4 aliphatic rings. The molecule has 0 heterocycles. The van der Waals surface area contributed by atoms with E-state index in [0.717, 1.165) is 101 Å². The van der Waals surface area contributed by atoms with Crippen LogP contribution < -0.4 is 0 Å². The summed E-state index contributed by atoms with van der Waals surface area (Å²) in [4.78, 5) is 0. The second kappa shape index (κ2) is 51.0. The first kappa shape index (κ1) is 119. The normalized spacial score (nSPS) is 11.9. The van der Waals surface area contributed by atoms with Gasteiger partial charge in [-0.2, -0.15) is 0 Å². The SMILES string of the molecule is CC1(C)c2ccccc2-c2ccc(-c3ccc4ccccc4c3O)cc21.CCC1(CC)c2ccccc2-c2ccc(-c3ccc4ccccc4c3O)cc21.CCCCCCC1(CCCCCC)c2ccccc2-c2ccc(-c3c(O)ccc4ccccc34)cc21.Oc1c(-c2ccc3c(c2)Cc2ccccc2-3)ccc2ccccc12.[CH3-].[CH3-].[CH3-].[CH3-].[CH3-].[CH3-].[CH3-].[CH3-].[CH3-].[CH3-].[CH3-].[CH3-].[Ti+3].[Ti+3].[Ti+3].[Ti+3]. The van der Waals surface area contributed by atoms with E-state index in [2.05, 4.69) is 254 Å². The zero-order valence-electron chi connectivity index (χ0n) is 80.5. The molecule has 0 aliphatic heterocycles. The van der Waals surface area contributed by atoms with Crippen LogP contribution in [0, 0.1) is 89.1 Å². The van der Waals surface area contributed by atoms with Gasteiger partial charge in [0.2, 0.25) is 0 Å². The Morgan fingerprint density at radius 3 is 0.985 bits per heavy atom. The second-order valence-electron chi connectivity index (χ2n) is 32.5. The van der Waals surface area contributed by atoms with Gasteiger partial charge in [0.25, 0.3) is 0 Å². The average molecular weight is 1860 g/mol. The van der Waals surface area contributed by atoms with Crippen molar-refractivity contribution in [1.82, 2.24) is 0 Å². The van der Waals surface area contributed by atoms with E-state index < -0.39 is 0 Å². The summed E-state index contributed by atoms with van der Waals surface area (Å²) in [6, 6.07) is 110. The summed E-state index contributed by atoms with van der Waals surface area (Å²) in [6.45, 7) is 13.7. The zero-order valence-corrected chi connectivity index (χ0v) is 86.7. The number of phenolic OH excluding ortho intramolecular Hbond substituents is 4. The van der Waals surface area contributed by atoms with Crippen LogP contribution in [-0.2, 0) is 110 Å². The molecule has 4 N–H and O–H groups in total.